The molecule has 56 heavy (non-hydrogen) atoms. The maximum atomic E-state index is 2.51. The highest BCUT2D eigenvalue weighted by Gasteiger charge is 2.26. The number of benzene rings is 8. The number of rotatable bonds is 5. The molecular formula is C52H34N2S2. The van der Waals surface area contributed by atoms with Crippen LogP contribution in [0.4, 0.5) is 17.1 Å². The van der Waals surface area contributed by atoms with Gasteiger partial charge in [0.25, 0.3) is 0 Å². The fraction of sp³-hybridized carbons (Fsp3) is 0.0385. The third-order valence-corrected chi connectivity index (χ3v) is 14.2. The van der Waals surface area contributed by atoms with Crippen LogP contribution in [0.25, 0.3) is 73.8 Å². The van der Waals surface area contributed by atoms with Crippen molar-refractivity contribution in [3.8, 4) is 5.69 Å². The number of allylic oxidation sites excluding steroid dienone is 1. The molecule has 1 atom stereocenters. The minimum absolute atomic E-state index is 0.250. The van der Waals surface area contributed by atoms with E-state index in [0.29, 0.717) is 0 Å². The van der Waals surface area contributed by atoms with Crippen molar-refractivity contribution < 1.29 is 0 Å². The molecule has 1 aliphatic carbocycles. The van der Waals surface area contributed by atoms with Crippen molar-refractivity contribution in [1.82, 2.24) is 4.57 Å². The van der Waals surface area contributed by atoms with Crippen LogP contribution in [0.5, 0.6) is 0 Å². The zero-order valence-electron chi connectivity index (χ0n) is 30.4. The van der Waals surface area contributed by atoms with Crippen LogP contribution in [0.3, 0.4) is 0 Å². The lowest BCUT2D eigenvalue weighted by atomic mass is 9.87. The van der Waals surface area contributed by atoms with E-state index in [0.717, 1.165) is 12.1 Å². The third-order valence-electron chi connectivity index (χ3n) is 11.7. The second-order valence-electron chi connectivity index (χ2n) is 14.8. The second-order valence-corrected chi connectivity index (χ2v) is 16.9. The summed E-state index contributed by atoms with van der Waals surface area (Å²) >= 11 is 3.78. The molecule has 0 bridgehead atoms. The van der Waals surface area contributed by atoms with Crippen LogP contribution in [0.1, 0.15) is 22.7 Å². The average Bonchev–Trinajstić information content (AvgIpc) is 3.95. The highest BCUT2D eigenvalue weighted by Crippen LogP contribution is 2.49. The molecule has 264 valence electrons. The van der Waals surface area contributed by atoms with Gasteiger partial charge in [0.15, 0.2) is 0 Å². The number of aromatic nitrogens is 1. The minimum Gasteiger partial charge on any atom is -0.313 e. The Labute approximate surface area is 332 Å². The van der Waals surface area contributed by atoms with E-state index in [1.165, 1.54) is 95.9 Å². The first-order chi connectivity index (χ1) is 27.8. The molecule has 0 saturated heterocycles. The predicted molar refractivity (Wildman–Crippen MR) is 243 cm³/mol. The summed E-state index contributed by atoms with van der Waals surface area (Å²) in [5.41, 5.74) is 10.1. The number of fused-ring (bicyclic) bond motifs is 11. The van der Waals surface area contributed by atoms with Crippen LogP contribution in [0.15, 0.2) is 182 Å². The van der Waals surface area contributed by atoms with Gasteiger partial charge in [0.2, 0.25) is 0 Å². The van der Waals surface area contributed by atoms with Crippen LogP contribution in [-0.2, 0) is 6.42 Å². The molecule has 12 rings (SSSR count). The lowest BCUT2D eigenvalue weighted by molar-refractivity contribution is 0.783. The normalized spacial score (nSPS) is 14.1. The number of anilines is 3. The maximum absolute atomic E-state index is 2.51. The van der Waals surface area contributed by atoms with Gasteiger partial charge in [-0.25, -0.2) is 0 Å². The molecule has 1 aliphatic rings. The monoisotopic (exact) mass is 750 g/mol. The van der Waals surface area contributed by atoms with E-state index < -0.39 is 0 Å². The van der Waals surface area contributed by atoms with E-state index in [-0.39, 0.29) is 5.92 Å². The number of hydrogen-bond donors (Lipinski definition) is 0. The van der Waals surface area contributed by atoms with Crippen molar-refractivity contribution in [2.24, 2.45) is 0 Å². The molecule has 0 fully saturated rings. The lowest BCUT2D eigenvalue weighted by Gasteiger charge is -2.27. The molecule has 3 heterocycles. The smallest absolute Gasteiger partial charge is 0.0640 e. The molecule has 0 saturated carbocycles. The van der Waals surface area contributed by atoms with Crippen molar-refractivity contribution in [2.75, 3.05) is 4.90 Å². The Morgan fingerprint density at radius 2 is 1.09 bits per heavy atom. The Bertz CT molecular complexity index is 3230. The Kier molecular flexibility index (Phi) is 7.13. The fourth-order valence-corrected chi connectivity index (χ4v) is 11.6. The molecule has 3 aromatic heterocycles. The van der Waals surface area contributed by atoms with Gasteiger partial charge < -0.3 is 9.47 Å². The van der Waals surface area contributed by atoms with Gasteiger partial charge in [-0.3, -0.25) is 0 Å². The first-order valence-corrected chi connectivity index (χ1v) is 20.9. The van der Waals surface area contributed by atoms with Gasteiger partial charge in [-0.05, 0) is 77.4 Å². The molecule has 8 aromatic carbocycles. The molecule has 0 aliphatic heterocycles. The Balaban J connectivity index is 1.01. The van der Waals surface area contributed by atoms with Crippen LogP contribution >= 0.6 is 22.7 Å². The number of para-hydroxylation sites is 1. The van der Waals surface area contributed by atoms with Gasteiger partial charge in [-0.2, -0.15) is 0 Å². The molecule has 4 heteroatoms. The lowest BCUT2D eigenvalue weighted by Crippen LogP contribution is -2.12. The number of hydrogen-bond acceptors (Lipinski definition) is 3. The Morgan fingerprint density at radius 1 is 0.500 bits per heavy atom. The zero-order valence-corrected chi connectivity index (χ0v) is 32.0. The fourth-order valence-electron chi connectivity index (χ4n) is 9.21. The van der Waals surface area contributed by atoms with E-state index >= 15 is 0 Å². The maximum Gasteiger partial charge on any atom is 0.0640 e. The molecule has 1 unspecified atom stereocenters. The molecule has 2 nitrogen and oxygen atoms in total. The SMILES string of the molecule is C1=CC(c2ccc(N(c3cccc4c3sc3ccccc34)c3cccc4c3sc3ccccc34)cc2)Cc2c1c1c3ccccc3ccc1n2-c1ccccc1. The van der Waals surface area contributed by atoms with Crippen LogP contribution in [0.2, 0.25) is 0 Å². The van der Waals surface area contributed by atoms with Crippen molar-refractivity contribution in [3.05, 3.63) is 199 Å². The summed E-state index contributed by atoms with van der Waals surface area (Å²) in [5.74, 6) is 0.250. The molecule has 11 aromatic rings. The van der Waals surface area contributed by atoms with Crippen LogP contribution in [-0.4, -0.2) is 4.57 Å². The average molecular weight is 751 g/mol. The first-order valence-electron chi connectivity index (χ1n) is 19.3. The Hall–Kier alpha value is -6.46. The molecular weight excluding hydrogens is 717 g/mol. The van der Waals surface area contributed by atoms with E-state index in [1.54, 1.807) is 0 Å². The van der Waals surface area contributed by atoms with E-state index in [4.69, 9.17) is 0 Å². The molecule has 0 amide bonds. The van der Waals surface area contributed by atoms with Gasteiger partial charge in [0, 0.05) is 64.9 Å². The summed E-state index contributed by atoms with van der Waals surface area (Å²) in [6, 6.07) is 64.9. The second kappa shape index (κ2) is 12.5. The third kappa shape index (κ3) is 4.80. The highest BCUT2D eigenvalue weighted by molar-refractivity contribution is 7.27. The molecule has 0 spiro atoms. The number of nitrogens with zero attached hydrogens (tertiary/aromatic N) is 2. The quantitative estimate of drug-likeness (QED) is 0.170. The predicted octanol–water partition coefficient (Wildman–Crippen LogP) is 15.3. The van der Waals surface area contributed by atoms with Crippen molar-refractivity contribution >= 4 is 108 Å². The van der Waals surface area contributed by atoms with Gasteiger partial charge in [0.1, 0.15) is 0 Å². The standard InChI is InChI=1S/C52H34N2S2/c1-2-13-36(14-3-1)53-44-31-27-34-12-4-5-15-38(34)50(44)43-30-26-35(32-47(43)53)33-24-28-37(29-25-33)54(45-20-10-18-41-39-16-6-8-22-48(39)55-51(41)45)46-21-11-19-42-40-17-7-9-23-49(40)56-52(42)46/h1-31,35H,32H2. The topological polar surface area (TPSA) is 8.17 Å². The van der Waals surface area contributed by atoms with Gasteiger partial charge in [-0.15, -0.1) is 22.7 Å². The zero-order chi connectivity index (χ0) is 36.7. The van der Waals surface area contributed by atoms with E-state index in [2.05, 4.69) is 198 Å². The van der Waals surface area contributed by atoms with Crippen molar-refractivity contribution in [1.29, 1.82) is 0 Å². The van der Waals surface area contributed by atoms with Crippen LogP contribution in [0, 0.1) is 0 Å². The first kappa shape index (κ1) is 31.8. The van der Waals surface area contributed by atoms with Crippen molar-refractivity contribution in [2.45, 2.75) is 12.3 Å². The number of thiophene rings is 2. The van der Waals surface area contributed by atoms with E-state index in [9.17, 15) is 0 Å². The molecule has 0 radical (unpaired) electrons. The van der Waals surface area contributed by atoms with Crippen molar-refractivity contribution in [3.63, 3.8) is 0 Å². The minimum atomic E-state index is 0.250. The van der Waals surface area contributed by atoms with Crippen LogP contribution < -0.4 is 4.90 Å². The van der Waals surface area contributed by atoms with Gasteiger partial charge in [0.05, 0.1) is 26.3 Å². The van der Waals surface area contributed by atoms with Gasteiger partial charge >= 0.3 is 0 Å². The summed E-state index contributed by atoms with van der Waals surface area (Å²) in [5, 5.41) is 9.17. The summed E-state index contributed by atoms with van der Waals surface area (Å²) in [6.45, 7) is 0. The van der Waals surface area contributed by atoms with Gasteiger partial charge in [-0.1, -0.05) is 133 Å². The highest BCUT2D eigenvalue weighted by atomic mass is 32.1. The summed E-state index contributed by atoms with van der Waals surface area (Å²) in [4.78, 5) is 2.51. The van der Waals surface area contributed by atoms with E-state index in [1.807, 2.05) is 22.7 Å². The molecule has 0 N–H and O–H groups in total. The largest absolute Gasteiger partial charge is 0.313 e. The Morgan fingerprint density at radius 3 is 1.77 bits per heavy atom. The summed E-state index contributed by atoms with van der Waals surface area (Å²) < 4.78 is 7.74. The summed E-state index contributed by atoms with van der Waals surface area (Å²) in [6.07, 6.45) is 5.75. The summed E-state index contributed by atoms with van der Waals surface area (Å²) in [7, 11) is 0.